The molecule has 25 heavy (non-hydrogen) atoms. The van der Waals surface area contributed by atoms with Crippen molar-refractivity contribution in [3.63, 3.8) is 0 Å². The fraction of sp³-hybridized carbons (Fsp3) is 0.278. The summed E-state index contributed by atoms with van der Waals surface area (Å²) < 4.78 is 13.9. The maximum absolute atomic E-state index is 13.9. The first-order valence-electron chi connectivity index (χ1n) is 8.12. The molecule has 0 aliphatic carbocycles. The number of aromatic nitrogens is 2. The van der Waals surface area contributed by atoms with Gasteiger partial charge in [0.2, 0.25) is 0 Å². The van der Waals surface area contributed by atoms with Crippen molar-refractivity contribution in [1.29, 1.82) is 0 Å². The lowest BCUT2D eigenvalue weighted by Gasteiger charge is -2.31. The van der Waals surface area contributed by atoms with E-state index < -0.39 is 0 Å². The van der Waals surface area contributed by atoms with E-state index >= 15 is 0 Å². The molecule has 0 radical (unpaired) electrons. The van der Waals surface area contributed by atoms with Crippen LogP contribution in [-0.4, -0.2) is 34.1 Å². The van der Waals surface area contributed by atoms with Crippen molar-refractivity contribution >= 4 is 28.6 Å². The average Bonchev–Trinajstić information content (AvgIpc) is 3.34. The van der Waals surface area contributed by atoms with Gasteiger partial charge in [0.05, 0.1) is 5.56 Å². The average molecular weight is 373 g/mol. The maximum Gasteiger partial charge on any atom is 0.254 e. The van der Waals surface area contributed by atoms with Crippen molar-refractivity contribution in [3.8, 4) is 10.6 Å². The molecule has 128 valence electrons. The smallest absolute Gasteiger partial charge is 0.254 e. The van der Waals surface area contributed by atoms with E-state index in [-0.39, 0.29) is 17.6 Å². The fourth-order valence-corrected chi connectivity index (χ4v) is 4.70. The summed E-state index contributed by atoms with van der Waals surface area (Å²) in [6.45, 7) is 1.41. The molecule has 2 aromatic heterocycles. The van der Waals surface area contributed by atoms with E-state index in [9.17, 15) is 9.18 Å². The lowest BCUT2D eigenvalue weighted by molar-refractivity contribution is 0.0707. The molecule has 1 aromatic carbocycles. The molecule has 4 rings (SSSR count). The predicted octanol–water partition coefficient (Wildman–Crippen LogP) is 4.43. The summed E-state index contributed by atoms with van der Waals surface area (Å²) in [6.07, 6.45) is 1.91. The number of halogens is 1. The minimum absolute atomic E-state index is 0.0739. The first kappa shape index (κ1) is 16.4. The van der Waals surface area contributed by atoms with Crippen molar-refractivity contribution < 1.29 is 9.18 Å². The number of amides is 1. The summed E-state index contributed by atoms with van der Waals surface area (Å²) >= 11 is 2.95. The quantitative estimate of drug-likeness (QED) is 0.682. The lowest BCUT2D eigenvalue weighted by atomic mass is 9.98. The number of carbonyl (C=O) groups is 1. The van der Waals surface area contributed by atoms with Gasteiger partial charge in [0, 0.05) is 30.0 Å². The summed E-state index contributed by atoms with van der Waals surface area (Å²) in [6, 6.07) is 8.46. The van der Waals surface area contributed by atoms with Gasteiger partial charge in [0.25, 0.3) is 5.91 Å². The Balaban J connectivity index is 1.52. The van der Waals surface area contributed by atoms with E-state index in [1.807, 2.05) is 21.7 Å². The van der Waals surface area contributed by atoms with Gasteiger partial charge in [-0.05, 0) is 36.4 Å². The van der Waals surface area contributed by atoms with Crippen LogP contribution in [0.2, 0.25) is 0 Å². The molecule has 1 saturated heterocycles. The summed E-state index contributed by atoms with van der Waals surface area (Å²) in [5.41, 5.74) is 1.23. The summed E-state index contributed by atoms with van der Waals surface area (Å²) in [7, 11) is 0. The first-order valence-corrected chi connectivity index (χ1v) is 9.88. The number of piperidine rings is 1. The summed E-state index contributed by atoms with van der Waals surface area (Å²) in [5.74, 6) is -0.0535. The van der Waals surface area contributed by atoms with Gasteiger partial charge in [-0.1, -0.05) is 23.5 Å². The second-order valence-corrected chi connectivity index (χ2v) is 7.82. The molecule has 0 saturated carbocycles. The Labute approximate surface area is 153 Å². The molecule has 7 heteroatoms. The van der Waals surface area contributed by atoms with Crippen LogP contribution in [0.5, 0.6) is 0 Å². The van der Waals surface area contributed by atoms with Gasteiger partial charge in [0.1, 0.15) is 10.8 Å². The second-order valence-electron chi connectivity index (χ2n) is 6.03. The normalized spacial score (nSPS) is 17.6. The van der Waals surface area contributed by atoms with E-state index in [2.05, 4.69) is 10.2 Å². The molecular formula is C18H16FN3OS2. The molecule has 1 aliphatic rings. The SMILES string of the molecule is O=C(c1ccsc1)N1CCCC(c2nnc(-c3ccccc3F)s2)C1. The Kier molecular flexibility index (Phi) is 4.59. The van der Waals surface area contributed by atoms with Crippen LogP contribution in [0.15, 0.2) is 41.1 Å². The predicted molar refractivity (Wildman–Crippen MR) is 97.5 cm³/mol. The highest BCUT2D eigenvalue weighted by Gasteiger charge is 2.28. The van der Waals surface area contributed by atoms with Crippen LogP contribution in [0.4, 0.5) is 4.39 Å². The summed E-state index contributed by atoms with van der Waals surface area (Å²) in [5, 5.41) is 13.7. The van der Waals surface area contributed by atoms with Gasteiger partial charge in [-0.2, -0.15) is 11.3 Å². The third kappa shape index (κ3) is 3.34. The molecule has 1 unspecified atom stereocenters. The number of nitrogens with zero attached hydrogens (tertiary/aromatic N) is 3. The number of carbonyl (C=O) groups excluding carboxylic acids is 1. The van der Waals surface area contributed by atoms with Crippen molar-refractivity contribution in [3.05, 3.63) is 57.5 Å². The molecule has 1 atom stereocenters. The number of hydrogen-bond acceptors (Lipinski definition) is 5. The highest BCUT2D eigenvalue weighted by molar-refractivity contribution is 7.14. The third-order valence-electron chi connectivity index (χ3n) is 4.37. The number of hydrogen-bond donors (Lipinski definition) is 0. The zero-order chi connectivity index (χ0) is 17.2. The van der Waals surface area contributed by atoms with Gasteiger partial charge in [-0.3, -0.25) is 4.79 Å². The van der Waals surface area contributed by atoms with Gasteiger partial charge in [0.15, 0.2) is 5.01 Å². The van der Waals surface area contributed by atoms with E-state index in [0.29, 0.717) is 17.1 Å². The van der Waals surface area contributed by atoms with Crippen LogP contribution >= 0.6 is 22.7 Å². The van der Waals surface area contributed by atoms with Crippen molar-refractivity contribution in [2.75, 3.05) is 13.1 Å². The first-order chi connectivity index (χ1) is 12.2. The van der Waals surface area contributed by atoms with E-state index in [0.717, 1.165) is 30.0 Å². The van der Waals surface area contributed by atoms with E-state index in [1.54, 1.807) is 18.2 Å². The highest BCUT2D eigenvalue weighted by atomic mass is 32.1. The van der Waals surface area contributed by atoms with Gasteiger partial charge in [-0.25, -0.2) is 4.39 Å². The van der Waals surface area contributed by atoms with Gasteiger partial charge >= 0.3 is 0 Å². The Morgan fingerprint density at radius 3 is 2.92 bits per heavy atom. The zero-order valence-corrected chi connectivity index (χ0v) is 15.0. The van der Waals surface area contributed by atoms with Crippen molar-refractivity contribution in [1.82, 2.24) is 15.1 Å². The standard InChI is InChI=1S/C18H16FN3OS2/c19-15-6-2-1-5-14(15)17-21-20-16(25-17)12-4-3-8-22(10-12)18(23)13-7-9-24-11-13/h1-2,5-7,9,11-12H,3-4,8,10H2. The molecule has 0 N–H and O–H groups in total. The molecule has 1 amide bonds. The number of likely N-dealkylation sites (tertiary alicyclic amines) is 1. The van der Waals surface area contributed by atoms with Crippen LogP contribution in [-0.2, 0) is 0 Å². The number of thiophene rings is 1. The monoisotopic (exact) mass is 373 g/mol. The topological polar surface area (TPSA) is 46.1 Å². The summed E-state index contributed by atoms with van der Waals surface area (Å²) in [4.78, 5) is 14.4. The van der Waals surface area contributed by atoms with Crippen LogP contribution < -0.4 is 0 Å². The molecule has 1 aliphatic heterocycles. The van der Waals surface area contributed by atoms with Crippen LogP contribution in [0.25, 0.3) is 10.6 Å². The Hall–Kier alpha value is -2.12. The van der Waals surface area contributed by atoms with E-state index in [4.69, 9.17) is 0 Å². The third-order valence-corrected chi connectivity index (χ3v) is 6.17. The number of rotatable bonds is 3. The minimum atomic E-state index is -0.289. The molecule has 1 fully saturated rings. The van der Waals surface area contributed by atoms with Gasteiger partial charge in [-0.15, -0.1) is 10.2 Å². The molecule has 3 heterocycles. The molecule has 4 nitrogen and oxygen atoms in total. The second kappa shape index (κ2) is 7.01. The van der Waals surface area contributed by atoms with E-state index in [1.165, 1.54) is 28.7 Å². The number of benzene rings is 1. The molecule has 0 spiro atoms. The largest absolute Gasteiger partial charge is 0.338 e. The zero-order valence-electron chi connectivity index (χ0n) is 13.4. The Morgan fingerprint density at radius 1 is 1.24 bits per heavy atom. The molecular weight excluding hydrogens is 357 g/mol. The molecule has 0 bridgehead atoms. The Bertz CT molecular complexity index is 878. The van der Waals surface area contributed by atoms with Crippen LogP contribution in [0.3, 0.4) is 0 Å². The van der Waals surface area contributed by atoms with Gasteiger partial charge < -0.3 is 4.90 Å². The van der Waals surface area contributed by atoms with Crippen molar-refractivity contribution in [2.45, 2.75) is 18.8 Å². The lowest BCUT2D eigenvalue weighted by Crippen LogP contribution is -2.38. The van der Waals surface area contributed by atoms with Crippen molar-refractivity contribution in [2.24, 2.45) is 0 Å². The maximum atomic E-state index is 13.9. The Morgan fingerprint density at radius 2 is 2.12 bits per heavy atom. The fourth-order valence-electron chi connectivity index (χ4n) is 3.07. The highest BCUT2D eigenvalue weighted by Crippen LogP contribution is 2.33. The van der Waals surface area contributed by atoms with Crippen LogP contribution in [0.1, 0.15) is 34.1 Å². The molecule has 3 aromatic rings. The van der Waals surface area contributed by atoms with Crippen LogP contribution in [0, 0.1) is 5.82 Å². The minimum Gasteiger partial charge on any atom is -0.338 e.